The molecule has 0 bridgehead atoms. The van der Waals surface area contributed by atoms with Gasteiger partial charge in [0.15, 0.2) is 10.8 Å². The van der Waals surface area contributed by atoms with E-state index in [0.717, 1.165) is 40.1 Å². The van der Waals surface area contributed by atoms with Crippen molar-refractivity contribution in [3.05, 3.63) is 63.8 Å². The molecule has 17 heteroatoms. The lowest BCUT2D eigenvalue weighted by atomic mass is 10.0. The van der Waals surface area contributed by atoms with E-state index in [1.807, 2.05) is 0 Å². The van der Waals surface area contributed by atoms with Gasteiger partial charge in [-0.2, -0.15) is 13.2 Å². The molecule has 1 aromatic carbocycles. The number of hydrogen-bond donors (Lipinski definition) is 4. The molecule has 3 aliphatic heterocycles. The highest BCUT2D eigenvalue weighted by atomic mass is 32.2. The minimum atomic E-state index is -4.59. The molecule has 0 unspecified atom stereocenters. The zero-order valence-electron chi connectivity index (χ0n) is 20.6. The molecule has 2 atom stereocenters. The van der Waals surface area contributed by atoms with Crippen molar-refractivity contribution in [2.45, 2.75) is 24.0 Å². The lowest BCUT2D eigenvalue weighted by Gasteiger charge is -2.49. The number of nitrogen functional groups attached to an aromatic ring is 1. The minimum absolute atomic E-state index is 0.00661. The summed E-state index contributed by atoms with van der Waals surface area (Å²) in [6.07, 6.45) is -3.08. The van der Waals surface area contributed by atoms with Gasteiger partial charge in [-0.3, -0.25) is 19.3 Å². The van der Waals surface area contributed by atoms with Crippen LogP contribution in [0.4, 0.5) is 24.0 Å². The molecule has 2 aromatic rings. The fourth-order valence-corrected chi connectivity index (χ4v) is 6.48. The topological polar surface area (TPSA) is 179 Å². The molecule has 3 amide bonds. The van der Waals surface area contributed by atoms with E-state index in [-0.39, 0.29) is 52.1 Å². The van der Waals surface area contributed by atoms with Gasteiger partial charge < -0.3 is 26.3 Å². The number of rotatable bonds is 6. The second kappa shape index (κ2) is 10.5. The number of carbonyl (C=O) groups excluding carboxylic acids is 3. The number of halogens is 3. The van der Waals surface area contributed by atoms with Gasteiger partial charge in [0.25, 0.3) is 17.7 Å². The summed E-state index contributed by atoms with van der Waals surface area (Å²) in [5.41, 5.74) is 4.19. The number of aromatic nitrogens is 1. The SMILES string of the molecule is Nc1nc(C(=NO)C(=O)N[C@@H]2C(=O)N3C(C(=O)O)=C(C=C4CCN(c5cccc(C(F)(F)F)c5)C4=O)CS[C@H]23)cs1. The number of alkyl halides is 3. The smallest absolute Gasteiger partial charge is 0.416 e. The van der Waals surface area contributed by atoms with E-state index in [1.165, 1.54) is 28.5 Å². The molecule has 12 nitrogen and oxygen atoms in total. The molecule has 214 valence electrons. The van der Waals surface area contributed by atoms with Gasteiger partial charge in [-0.05, 0) is 36.3 Å². The van der Waals surface area contributed by atoms with Crippen molar-refractivity contribution in [2.75, 3.05) is 22.9 Å². The van der Waals surface area contributed by atoms with Gasteiger partial charge in [0.1, 0.15) is 22.8 Å². The van der Waals surface area contributed by atoms with Gasteiger partial charge in [-0.25, -0.2) is 9.78 Å². The highest BCUT2D eigenvalue weighted by Crippen LogP contribution is 2.41. The third-order valence-electron chi connectivity index (χ3n) is 6.52. The van der Waals surface area contributed by atoms with Crippen molar-refractivity contribution in [3.63, 3.8) is 0 Å². The maximum absolute atomic E-state index is 13.1. The largest absolute Gasteiger partial charge is 0.477 e. The molecule has 2 fully saturated rings. The normalized spacial score (nSPS) is 22.2. The fraction of sp³-hybridized carbons (Fsp3) is 0.250. The number of aliphatic carboxylic acids is 1. The number of nitrogens with one attached hydrogen (secondary N) is 1. The average molecular weight is 609 g/mol. The van der Waals surface area contributed by atoms with Crippen molar-refractivity contribution in [1.82, 2.24) is 15.2 Å². The summed E-state index contributed by atoms with van der Waals surface area (Å²) < 4.78 is 39.4. The first kappa shape index (κ1) is 28.2. The number of carbonyl (C=O) groups is 4. The molecule has 2 saturated heterocycles. The van der Waals surface area contributed by atoms with Crippen LogP contribution in [0.5, 0.6) is 0 Å². The molecule has 1 aromatic heterocycles. The van der Waals surface area contributed by atoms with Crippen molar-refractivity contribution in [1.29, 1.82) is 0 Å². The number of carboxylic acid groups (broad SMARTS) is 1. The monoisotopic (exact) mass is 608 g/mol. The van der Waals surface area contributed by atoms with E-state index in [2.05, 4.69) is 15.5 Å². The third-order valence-corrected chi connectivity index (χ3v) is 8.50. The maximum Gasteiger partial charge on any atom is 0.416 e. The number of fused-ring (bicyclic) bond motifs is 1. The summed E-state index contributed by atoms with van der Waals surface area (Å²) >= 11 is 2.15. The number of anilines is 2. The number of amides is 3. The zero-order valence-corrected chi connectivity index (χ0v) is 22.2. The summed E-state index contributed by atoms with van der Waals surface area (Å²) in [5, 5.41) is 25.3. The Bertz CT molecular complexity index is 1570. The second-order valence-corrected chi connectivity index (χ2v) is 11.0. The number of thioether (sulfide) groups is 1. The number of carboxylic acids is 1. The molecule has 0 saturated carbocycles. The molecular formula is C24H19F3N6O6S2. The molecule has 3 aliphatic rings. The summed E-state index contributed by atoms with van der Waals surface area (Å²) in [6.45, 7) is 0.0908. The number of β-lactam (4-membered cyclic amide) rings is 1. The standard InChI is InChI=1S/C24H19F3N6O6S2/c25-24(26,27)12-2-1-3-13(7-12)32-5-4-10(19(32)35)6-11-8-40-21-16(20(36)33(21)17(11)22(37)38)30-18(34)15(31-39)14-9-41-23(28)29-14/h1-3,6-7,9,16,21,39H,4-5,8H2,(H2,28,29)(H,30,34)(H,37,38)/t16-,21-/m1/s1. The Morgan fingerprint density at radius 1 is 1.27 bits per heavy atom. The van der Waals surface area contributed by atoms with E-state index >= 15 is 0 Å². The van der Waals surface area contributed by atoms with Crippen LogP contribution < -0.4 is 16.0 Å². The van der Waals surface area contributed by atoms with Gasteiger partial charge in [0.05, 0.1) is 5.56 Å². The summed E-state index contributed by atoms with van der Waals surface area (Å²) in [5.74, 6) is -3.60. The van der Waals surface area contributed by atoms with Crippen LogP contribution in [0.3, 0.4) is 0 Å². The Morgan fingerprint density at radius 3 is 2.66 bits per heavy atom. The fourth-order valence-electron chi connectivity index (χ4n) is 4.63. The van der Waals surface area contributed by atoms with Crippen LogP contribution in [0.1, 0.15) is 17.7 Å². The highest BCUT2D eigenvalue weighted by Gasteiger charge is 2.54. The Morgan fingerprint density at radius 2 is 2.02 bits per heavy atom. The van der Waals surface area contributed by atoms with Gasteiger partial charge >= 0.3 is 12.1 Å². The first-order valence-electron chi connectivity index (χ1n) is 11.8. The van der Waals surface area contributed by atoms with Crippen LogP contribution in [0, 0.1) is 0 Å². The van der Waals surface area contributed by atoms with Crippen molar-refractivity contribution in [3.8, 4) is 0 Å². The number of oxime groups is 1. The molecule has 5 N–H and O–H groups in total. The molecule has 0 spiro atoms. The zero-order chi connectivity index (χ0) is 29.6. The Balaban J connectivity index is 1.35. The van der Waals surface area contributed by atoms with Crippen molar-refractivity contribution < 1.29 is 42.7 Å². The summed E-state index contributed by atoms with van der Waals surface area (Å²) in [7, 11) is 0. The van der Waals surface area contributed by atoms with Gasteiger partial charge in [-0.15, -0.1) is 23.1 Å². The number of hydrogen-bond acceptors (Lipinski definition) is 10. The predicted molar refractivity (Wildman–Crippen MR) is 141 cm³/mol. The first-order valence-corrected chi connectivity index (χ1v) is 13.7. The van der Waals surface area contributed by atoms with Crippen molar-refractivity contribution >= 4 is 63.3 Å². The van der Waals surface area contributed by atoms with E-state index in [4.69, 9.17) is 5.73 Å². The number of nitrogens with two attached hydrogens (primary N) is 1. The lowest BCUT2D eigenvalue weighted by molar-refractivity contribution is -0.150. The first-order chi connectivity index (χ1) is 19.4. The lowest BCUT2D eigenvalue weighted by Crippen LogP contribution is -2.71. The molecule has 0 radical (unpaired) electrons. The van der Waals surface area contributed by atoms with Gasteiger partial charge in [0.2, 0.25) is 0 Å². The van der Waals surface area contributed by atoms with Gasteiger partial charge in [0, 0.05) is 28.9 Å². The average Bonchev–Trinajstić information content (AvgIpc) is 3.51. The second-order valence-electron chi connectivity index (χ2n) is 8.98. The molecular weight excluding hydrogens is 589 g/mol. The molecule has 41 heavy (non-hydrogen) atoms. The molecule has 5 rings (SSSR count). The minimum Gasteiger partial charge on any atom is -0.477 e. The van der Waals surface area contributed by atoms with Crippen LogP contribution in [-0.4, -0.2) is 73.3 Å². The Kier molecular flexibility index (Phi) is 7.24. The Hall–Kier alpha value is -4.38. The quantitative estimate of drug-likeness (QED) is 0.126. The van der Waals surface area contributed by atoms with Crippen molar-refractivity contribution in [2.24, 2.45) is 5.16 Å². The van der Waals surface area contributed by atoms with Crippen LogP contribution in [0.25, 0.3) is 0 Å². The van der Waals surface area contributed by atoms with E-state index in [1.54, 1.807) is 0 Å². The van der Waals surface area contributed by atoms with Crippen LogP contribution in [-0.2, 0) is 25.4 Å². The Labute approximate surface area is 237 Å². The number of thiazole rings is 1. The number of benzene rings is 1. The van der Waals surface area contributed by atoms with E-state index < -0.39 is 52.6 Å². The third kappa shape index (κ3) is 5.13. The molecule has 4 heterocycles. The maximum atomic E-state index is 13.1. The van der Waals surface area contributed by atoms with Crippen LogP contribution >= 0.6 is 23.1 Å². The number of nitrogens with zero attached hydrogens (tertiary/aromatic N) is 4. The summed E-state index contributed by atoms with van der Waals surface area (Å²) in [4.78, 5) is 56.9. The van der Waals surface area contributed by atoms with Crippen LogP contribution in [0.15, 0.2) is 57.7 Å². The predicted octanol–water partition coefficient (Wildman–Crippen LogP) is 2.02. The molecule has 0 aliphatic carbocycles. The summed E-state index contributed by atoms with van der Waals surface area (Å²) in [6, 6.07) is 3.21. The van der Waals surface area contributed by atoms with E-state index in [0.29, 0.717) is 0 Å². The van der Waals surface area contributed by atoms with Gasteiger partial charge in [-0.1, -0.05) is 11.2 Å². The highest BCUT2D eigenvalue weighted by molar-refractivity contribution is 8.00. The number of allylic oxidation sites excluding steroid dienone is 1. The van der Waals surface area contributed by atoms with Crippen LogP contribution in [0.2, 0.25) is 0 Å². The van der Waals surface area contributed by atoms with E-state index in [9.17, 15) is 42.7 Å².